The lowest BCUT2D eigenvalue weighted by molar-refractivity contribution is -0.140. The van der Waals surface area contributed by atoms with E-state index in [0.717, 1.165) is 34.5 Å². The molecule has 2 saturated heterocycles. The topological polar surface area (TPSA) is 71.9 Å². The van der Waals surface area contributed by atoms with E-state index < -0.39 is 35.5 Å². The van der Waals surface area contributed by atoms with Gasteiger partial charge in [0.25, 0.3) is 0 Å². The predicted octanol–water partition coefficient (Wildman–Crippen LogP) is 5.10. The molecular formula is C28H25F3N2O4. The number of fused-ring (bicyclic) bond motifs is 5. The summed E-state index contributed by atoms with van der Waals surface area (Å²) in [6.45, 7) is 0.482. The van der Waals surface area contributed by atoms with Crippen molar-refractivity contribution in [3.05, 3.63) is 89.2 Å². The molecule has 2 bridgehead atoms. The summed E-state index contributed by atoms with van der Waals surface area (Å²) in [5.74, 6) is -0.0923. The molecule has 0 saturated carbocycles. The smallest absolute Gasteiger partial charge is 0.417 e. The summed E-state index contributed by atoms with van der Waals surface area (Å²) in [4.78, 5) is 18.6. The molecule has 9 heteroatoms. The lowest BCUT2D eigenvalue weighted by Gasteiger charge is -2.51. The Morgan fingerprint density at radius 1 is 1.03 bits per heavy atom. The number of halogens is 3. The molecule has 6 nitrogen and oxygen atoms in total. The average Bonchev–Trinajstić information content (AvgIpc) is 3.20. The van der Waals surface area contributed by atoms with Crippen LogP contribution in [0.2, 0.25) is 0 Å². The second-order valence-corrected chi connectivity index (χ2v) is 9.96. The number of carbonyl (C=O) groups is 1. The Bertz CT molecular complexity index is 1290. The summed E-state index contributed by atoms with van der Waals surface area (Å²) in [5, 5.41) is 11.4. The number of piperidine rings is 1. The van der Waals surface area contributed by atoms with E-state index in [1.807, 2.05) is 36.4 Å². The molecule has 1 amide bonds. The highest BCUT2D eigenvalue weighted by Gasteiger charge is 2.50. The van der Waals surface area contributed by atoms with E-state index in [1.165, 1.54) is 6.20 Å². The highest BCUT2D eigenvalue weighted by molar-refractivity contribution is 5.79. The fourth-order valence-corrected chi connectivity index (χ4v) is 6.03. The zero-order chi connectivity index (χ0) is 25.8. The lowest BCUT2D eigenvalue weighted by Crippen LogP contribution is -2.62. The number of nitrogens with zero attached hydrogens (tertiary/aromatic N) is 2. The summed E-state index contributed by atoms with van der Waals surface area (Å²) in [6.07, 6.45) is -3.03. The van der Waals surface area contributed by atoms with Gasteiger partial charge >= 0.3 is 12.3 Å². The van der Waals surface area contributed by atoms with Crippen LogP contribution in [0.4, 0.5) is 18.0 Å². The molecule has 2 aromatic carbocycles. The number of hydrogen-bond donors (Lipinski definition) is 1. The highest BCUT2D eigenvalue weighted by Crippen LogP contribution is 2.45. The number of benzene rings is 2. The summed E-state index contributed by atoms with van der Waals surface area (Å²) < 4.78 is 51.2. The monoisotopic (exact) mass is 510 g/mol. The number of aromatic nitrogens is 1. The van der Waals surface area contributed by atoms with E-state index in [-0.39, 0.29) is 44.1 Å². The van der Waals surface area contributed by atoms with Gasteiger partial charge in [-0.2, -0.15) is 13.2 Å². The van der Waals surface area contributed by atoms with Crippen molar-refractivity contribution in [1.82, 2.24) is 9.88 Å². The Labute approximate surface area is 211 Å². The van der Waals surface area contributed by atoms with Gasteiger partial charge in [-0.25, -0.2) is 4.79 Å². The maximum atomic E-state index is 13.3. The quantitative estimate of drug-likeness (QED) is 0.531. The number of ether oxygens (including phenoxy) is 2. The molecule has 2 atom stereocenters. The normalized spacial score (nSPS) is 24.9. The third-order valence-corrected chi connectivity index (χ3v) is 7.70. The second-order valence-electron chi connectivity index (χ2n) is 9.96. The average molecular weight is 511 g/mol. The van der Waals surface area contributed by atoms with Crippen LogP contribution in [0.15, 0.2) is 67.0 Å². The largest absolute Gasteiger partial charge is 0.448 e. The number of alkyl halides is 3. The number of amides is 1. The van der Waals surface area contributed by atoms with Gasteiger partial charge in [0.2, 0.25) is 0 Å². The Kier molecular flexibility index (Phi) is 5.72. The molecule has 3 aliphatic rings. The van der Waals surface area contributed by atoms with Gasteiger partial charge in [0.05, 0.1) is 36.5 Å². The van der Waals surface area contributed by atoms with E-state index >= 15 is 0 Å². The maximum Gasteiger partial charge on any atom is 0.417 e. The van der Waals surface area contributed by atoms with Crippen molar-refractivity contribution in [3.63, 3.8) is 0 Å². The molecule has 2 fully saturated rings. The molecule has 1 aromatic heterocycles. The first-order valence-corrected chi connectivity index (χ1v) is 12.2. The van der Waals surface area contributed by atoms with Gasteiger partial charge in [0, 0.05) is 36.7 Å². The van der Waals surface area contributed by atoms with Crippen molar-refractivity contribution in [3.8, 4) is 11.1 Å². The SMILES string of the molecule is O=C(OCC1c2ccccc2-c2ccccc21)N1C2COCC1CC(O)(c1cncc(C(F)(F)F)c1)C2. The first kappa shape index (κ1) is 23.9. The number of morpholine rings is 1. The van der Waals surface area contributed by atoms with Crippen LogP contribution in [0, 0.1) is 0 Å². The van der Waals surface area contributed by atoms with Crippen molar-refractivity contribution < 1.29 is 32.5 Å². The van der Waals surface area contributed by atoms with Crippen molar-refractivity contribution in [1.29, 1.82) is 0 Å². The minimum absolute atomic E-state index is 0.0245. The highest BCUT2D eigenvalue weighted by atomic mass is 19.4. The van der Waals surface area contributed by atoms with Crippen molar-refractivity contribution in [2.45, 2.75) is 42.6 Å². The minimum Gasteiger partial charge on any atom is -0.448 e. The minimum atomic E-state index is -4.57. The number of pyridine rings is 1. The van der Waals surface area contributed by atoms with Gasteiger partial charge in [-0.05, 0) is 28.3 Å². The standard InChI is InChI=1S/C28H25F3N2O4/c29-28(30,31)18-9-17(12-32-13-18)27(35)10-19-14-36-15-20(11-27)33(19)26(34)37-16-25-23-7-3-1-5-21(23)22-6-2-4-8-24(22)25/h1-9,12-13,19-20,25,35H,10-11,14-16H2. The van der Waals surface area contributed by atoms with Crippen LogP contribution < -0.4 is 0 Å². The van der Waals surface area contributed by atoms with Crippen LogP contribution in [0.1, 0.15) is 41.0 Å². The van der Waals surface area contributed by atoms with Crippen LogP contribution in [0.25, 0.3) is 11.1 Å². The van der Waals surface area contributed by atoms with Gasteiger partial charge in [-0.15, -0.1) is 0 Å². The molecule has 192 valence electrons. The Morgan fingerprint density at radius 2 is 1.62 bits per heavy atom. The zero-order valence-electron chi connectivity index (χ0n) is 19.8. The van der Waals surface area contributed by atoms with Crippen molar-refractivity contribution >= 4 is 6.09 Å². The molecule has 0 spiro atoms. The number of carbonyl (C=O) groups excluding carboxylic acids is 1. The van der Waals surface area contributed by atoms with Crippen LogP contribution >= 0.6 is 0 Å². The van der Waals surface area contributed by atoms with Crippen LogP contribution in [-0.2, 0) is 21.3 Å². The number of aliphatic hydroxyl groups is 1. The summed E-state index contributed by atoms with van der Waals surface area (Å²) >= 11 is 0. The molecule has 3 heterocycles. The lowest BCUT2D eigenvalue weighted by atomic mass is 9.77. The van der Waals surface area contributed by atoms with E-state index in [4.69, 9.17) is 9.47 Å². The van der Waals surface area contributed by atoms with Gasteiger partial charge in [-0.3, -0.25) is 9.88 Å². The second kappa shape index (κ2) is 8.85. The fraction of sp³-hybridized carbons (Fsp3) is 0.357. The van der Waals surface area contributed by atoms with Crippen molar-refractivity contribution in [2.75, 3.05) is 19.8 Å². The van der Waals surface area contributed by atoms with E-state index in [0.29, 0.717) is 0 Å². The predicted molar refractivity (Wildman–Crippen MR) is 128 cm³/mol. The van der Waals surface area contributed by atoms with Crippen LogP contribution in [-0.4, -0.2) is 53.0 Å². The molecule has 2 unspecified atom stereocenters. The van der Waals surface area contributed by atoms with Crippen LogP contribution in [0.5, 0.6) is 0 Å². The Morgan fingerprint density at radius 3 is 2.22 bits per heavy atom. The van der Waals surface area contributed by atoms with E-state index in [1.54, 1.807) is 4.90 Å². The molecule has 0 radical (unpaired) electrons. The maximum absolute atomic E-state index is 13.3. The molecule has 37 heavy (non-hydrogen) atoms. The molecule has 1 N–H and O–H groups in total. The molecular weight excluding hydrogens is 485 g/mol. The number of hydrogen-bond acceptors (Lipinski definition) is 5. The third-order valence-electron chi connectivity index (χ3n) is 7.70. The molecule has 2 aliphatic heterocycles. The Hall–Kier alpha value is -3.43. The van der Waals surface area contributed by atoms with Gasteiger partial charge < -0.3 is 14.6 Å². The van der Waals surface area contributed by atoms with E-state index in [2.05, 4.69) is 17.1 Å². The van der Waals surface area contributed by atoms with Gasteiger partial charge in [-0.1, -0.05) is 48.5 Å². The summed E-state index contributed by atoms with van der Waals surface area (Å²) in [7, 11) is 0. The van der Waals surface area contributed by atoms with E-state index in [9.17, 15) is 23.1 Å². The van der Waals surface area contributed by atoms with Gasteiger partial charge in [0.1, 0.15) is 6.61 Å². The molecule has 3 aromatic rings. The first-order chi connectivity index (χ1) is 17.7. The Balaban J connectivity index is 1.20. The van der Waals surface area contributed by atoms with Crippen LogP contribution in [0.3, 0.4) is 0 Å². The zero-order valence-corrected chi connectivity index (χ0v) is 19.8. The molecule has 6 rings (SSSR count). The summed E-state index contributed by atoms with van der Waals surface area (Å²) in [6, 6.07) is 16.0. The van der Waals surface area contributed by atoms with Gasteiger partial charge in [0.15, 0.2) is 0 Å². The number of rotatable bonds is 3. The first-order valence-electron chi connectivity index (χ1n) is 12.2. The van der Waals surface area contributed by atoms with Crippen molar-refractivity contribution in [2.24, 2.45) is 0 Å². The molecule has 1 aliphatic carbocycles. The third kappa shape index (κ3) is 4.16. The summed E-state index contributed by atoms with van der Waals surface area (Å²) in [5.41, 5.74) is 2.07. The fourth-order valence-electron chi connectivity index (χ4n) is 6.03.